The highest BCUT2D eigenvalue weighted by Crippen LogP contribution is 2.34. The second-order valence-corrected chi connectivity index (χ2v) is 5.97. The van der Waals surface area contributed by atoms with E-state index in [0.717, 1.165) is 16.8 Å². The lowest BCUT2D eigenvalue weighted by atomic mass is 9.86. The van der Waals surface area contributed by atoms with Gasteiger partial charge in [0.15, 0.2) is 0 Å². The van der Waals surface area contributed by atoms with Crippen molar-refractivity contribution < 1.29 is 0 Å². The van der Waals surface area contributed by atoms with Gasteiger partial charge in [-0.15, -0.1) is 0 Å². The minimum atomic E-state index is 0.525. The molecule has 0 aromatic carbocycles. The Morgan fingerprint density at radius 1 is 1.14 bits per heavy atom. The Bertz CT molecular complexity index is 757. The highest BCUT2D eigenvalue weighted by molar-refractivity contribution is 5.75. The molecule has 1 fully saturated rings. The van der Waals surface area contributed by atoms with E-state index in [1.54, 1.807) is 12.4 Å². The molecule has 3 aromatic rings. The van der Waals surface area contributed by atoms with Gasteiger partial charge in [-0.2, -0.15) is 10.2 Å². The first-order valence-electron chi connectivity index (χ1n) is 7.66. The Balaban J connectivity index is 1.72. The van der Waals surface area contributed by atoms with Crippen molar-refractivity contribution in [3.8, 4) is 11.3 Å². The van der Waals surface area contributed by atoms with E-state index in [-0.39, 0.29) is 0 Å². The molecule has 0 unspecified atom stereocenters. The minimum Gasteiger partial charge on any atom is -0.269 e. The third kappa shape index (κ3) is 2.13. The van der Waals surface area contributed by atoms with Crippen molar-refractivity contribution in [1.82, 2.24) is 24.4 Å². The fourth-order valence-electron chi connectivity index (χ4n) is 3.41. The van der Waals surface area contributed by atoms with Gasteiger partial charge in [-0.05, 0) is 24.8 Å². The van der Waals surface area contributed by atoms with E-state index in [1.165, 1.54) is 25.7 Å². The summed E-state index contributed by atoms with van der Waals surface area (Å²) >= 11 is 0. The molecular formula is C16H19N5. The van der Waals surface area contributed by atoms with E-state index in [9.17, 15) is 0 Å². The summed E-state index contributed by atoms with van der Waals surface area (Å²) in [5, 5.41) is 8.87. The van der Waals surface area contributed by atoms with Gasteiger partial charge >= 0.3 is 0 Å². The molecule has 3 aromatic heterocycles. The normalized spacial score (nSPS) is 22.7. The molecule has 0 bridgehead atoms. The van der Waals surface area contributed by atoms with Crippen molar-refractivity contribution in [3.05, 3.63) is 37.1 Å². The number of aromatic nitrogens is 5. The molecule has 1 aliphatic rings. The zero-order chi connectivity index (χ0) is 14.2. The molecular weight excluding hydrogens is 262 g/mol. The number of rotatable bonds is 2. The fraction of sp³-hybridized carbons (Fsp3) is 0.438. The van der Waals surface area contributed by atoms with Gasteiger partial charge in [-0.1, -0.05) is 19.8 Å². The smallest absolute Gasteiger partial charge is 0.0991 e. The SMILES string of the molecule is C[C@@H]1CCCC[C@H]1n1cc(-c2nccn3nccc23)cn1. The Morgan fingerprint density at radius 3 is 2.95 bits per heavy atom. The maximum atomic E-state index is 4.60. The van der Waals surface area contributed by atoms with Crippen LogP contribution in [-0.2, 0) is 0 Å². The van der Waals surface area contributed by atoms with E-state index in [1.807, 2.05) is 23.0 Å². The summed E-state index contributed by atoms with van der Waals surface area (Å²) in [5.41, 5.74) is 3.04. The van der Waals surface area contributed by atoms with Crippen molar-refractivity contribution in [2.45, 2.75) is 38.6 Å². The van der Waals surface area contributed by atoms with E-state index < -0.39 is 0 Å². The van der Waals surface area contributed by atoms with E-state index in [0.29, 0.717) is 12.0 Å². The minimum absolute atomic E-state index is 0.525. The van der Waals surface area contributed by atoms with E-state index >= 15 is 0 Å². The van der Waals surface area contributed by atoms with E-state index in [4.69, 9.17) is 0 Å². The molecule has 1 aliphatic carbocycles. The quantitative estimate of drug-likeness (QED) is 0.723. The molecule has 21 heavy (non-hydrogen) atoms. The lowest BCUT2D eigenvalue weighted by Gasteiger charge is -2.28. The molecule has 0 N–H and O–H groups in total. The predicted molar refractivity (Wildman–Crippen MR) is 80.9 cm³/mol. The first kappa shape index (κ1) is 12.6. The highest BCUT2D eigenvalue weighted by atomic mass is 15.3. The Kier molecular flexibility index (Phi) is 2.98. The van der Waals surface area contributed by atoms with Crippen LogP contribution in [0.5, 0.6) is 0 Å². The molecule has 0 spiro atoms. The predicted octanol–water partition coefficient (Wildman–Crippen LogP) is 3.34. The molecule has 0 aliphatic heterocycles. The Morgan fingerprint density at radius 2 is 2.05 bits per heavy atom. The molecule has 1 saturated carbocycles. The number of nitrogens with zero attached hydrogens (tertiary/aromatic N) is 5. The molecule has 4 rings (SSSR count). The van der Waals surface area contributed by atoms with Crippen molar-refractivity contribution in [2.24, 2.45) is 5.92 Å². The van der Waals surface area contributed by atoms with Crippen molar-refractivity contribution >= 4 is 5.52 Å². The first-order chi connectivity index (χ1) is 10.3. The lowest BCUT2D eigenvalue weighted by Crippen LogP contribution is -2.21. The summed E-state index contributed by atoms with van der Waals surface area (Å²) in [5.74, 6) is 0.699. The molecule has 0 radical (unpaired) electrons. The van der Waals surface area contributed by atoms with Crippen LogP contribution in [0.2, 0.25) is 0 Å². The summed E-state index contributed by atoms with van der Waals surface area (Å²) < 4.78 is 3.99. The van der Waals surface area contributed by atoms with Gasteiger partial charge in [0.2, 0.25) is 0 Å². The third-order valence-corrected chi connectivity index (χ3v) is 4.61. The molecule has 3 heterocycles. The topological polar surface area (TPSA) is 48.0 Å². The summed E-state index contributed by atoms with van der Waals surface area (Å²) in [6, 6.07) is 2.51. The van der Waals surface area contributed by atoms with E-state index in [2.05, 4.69) is 33.0 Å². The van der Waals surface area contributed by atoms with Gasteiger partial charge in [0.1, 0.15) is 0 Å². The zero-order valence-electron chi connectivity index (χ0n) is 12.2. The van der Waals surface area contributed by atoms with Crippen LogP contribution in [0.4, 0.5) is 0 Å². The first-order valence-corrected chi connectivity index (χ1v) is 7.66. The maximum absolute atomic E-state index is 4.60. The number of hydrogen-bond acceptors (Lipinski definition) is 3. The van der Waals surface area contributed by atoms with Crippen LogP contribution in [0.25, 0.3) is 16.8 Å². The summed E-state index contributed by atoms with van der Waals surface area (Å²) in [6.45, 7) is 2.33. The fourth-order valence-corrected chi connectivity index (χ4v) is 3.41. The number of fused-ring (bicyclic) bond motifs is 1. The van der Waals surface area contributed by atoms with Crippen LogP contribution in [0.3, 0.4) is 0 Å². The Labute approximate surface area is 123 Å². The van der Waals surface area contributed by atoms with Crippen LogP contribution in [0, 0.1) is 5.92 Å². The second kappa shape index (κ2) is 4.98. The monoisotopic (exact) mass is 281 g/mol. The molecule has 0 amide bonds. The van der Waals surface area contributed by atoms with Crippen LogP contribution < -0.4 is 0 Å². The molecule has 5 heteroatoms. The van der Waals surface area contributed by atoms with Crippen molar-refractivity contribution in [2.75, 3.05) is 0 Å². The molecule has 0 saturated heterocycles. The van der Waals surface area contributed by atoms with Gasteiger partial charge in [0.25, 0.3) is 0 Å². The average molecular weight is 281 g/mol. The maximum Gasteiger partial charge on any atom is 0.0991 e. The van der Waals surface area contributed by atoms with Gasteiger partial charge in [0.05, 0.1) is 29.6 Å². The van der Waals surface area contributed by atoms with Gasteiger partial charge < -0.3 is 0 Å². The van der Waals surface area contributed by atoms with Gasteiger partial charge in [0, 0.05) is 24.2 Å². The lowest BCUT2D eigenvalue weighted by molar-refractivity contribution is 0.240. The largest absolute Gasteiger partial charge is 0.269 e. The van der Waals surface area contributed by atoms with Crippen molar-refractivity contribution in [1.29, 1.82) is 0 Å². The van der Waals surface area contributed by atoms with Gasteiger partial charge in [-0.25, -0.2) is 4.52 Å². The standard InChI is InChI=1S/C16H19N5/c1-12-4-2-3-5-14(12)21-11-13(10-19-21)16-15-6-7-18-20(15)9-8-17-16/h6-12,14H,2-5H2,1H3/t12-,14-/m1/s1. The molecule has 2 atom stereocenters. The third-order valence-electron chi connectivity index (χ3n) is 4.61. The summed E-state index contributed by atoms with van der Waals surface area (Å²) in [7, 11) is 0. The van der Waals surface area contributed by atoms with Crippen LogP contribution in [-0.4, -0.2) is 24.4 Å². The average Bonchev–Trinajstić information content (AvgIpc) is 3.16. The zero-order valence-corrected chi connectivity index (χ0v) is 12.2. The van der Waals surface area contributed by atoms with Crippen molar-refractivity contribution in [3.63, 3.8) is 0 Å². The second-order valence-electron chi connectivity index (χ2n) is 5.97. The summed E-state index contributed by atoms with van der Waals surface area (Å²) in [6.07, 6.45) is 14.7. The summed E-state index contributed by atoms with van der Waals surface area (Å²) in [4.78, 5) is 4.51. The van der Waals surface area contributed by atoms with Crippen LogP contribution in [0.1, 0.15) is 38.6 Å². The molecule has 5 nitrogen and oxygen atoms in total. The van der Waals surface area contributed by atoms with Crippen LogP contribution in [0.15, 0.2) is 37.1 Å². The Hall–Kier alpha value is -2.17. The number of hydrogen-bond donors (Lipinski definition) is 0. The molecule has 108 valence electrons. The van der Waals surface area contributed by atoms with Crippen LogP contribution >= 0.6 is 0 Å². The highest BCUT2D eigenvalue weighted by Gasteiger charge is 2.23. The van der Waals surface area contributed by atoms with Gasteiger partial charge in [-0.3, -0.25) is 9.67 Å².